The van der Waals surface area contributed by atoms with Gasteiger partial charge in [0, 0.05) is 5.75 Å². The summed E-state index contributed by atoms with van der Waals surface area (Å²) < 4.78 is 0. The van der Waals surface area contributed by atoms with Gasteiger partial charge in [-0.25, -0.2) is 0 Å². The molecular formula is C6H12N2S. The van der Waals surface area contributed by atoms with Gasteiger partial charge in [0.2, 0.25) is 0 Å². The molecule has 1 atom stereocenters. The summed E-state index contributed by atoms with van der Waals surface area (Å²) in [6.07, 6.45) is 1.16. The molecule has 0 spiro atoms. The Hall–Kier alpha value is -0.200. The molecule has 0 fully saturated rings. The summed E-state index contributed by atoms with van der Waals surface area (Å²) in [6, 6.07) is 1.70. The van der Waals surface area contributed by atoms with E-state index in [-0.39, 0.29) is 6.04 Å². The molecule has 0 amide bonds. The maximum atomic E-state index is 8.25. The van der Waals surface area contributed by atoms with E-state index in [0.29, 0.717) is 0 Å². The minimum atomic E-state index is -0.276. The third-order valence-electron chi connectivity index (χ3n) is 0.812. The molecule has 52 valence electrons. The summed E-state index contributed by atoms with van der Waals surface area (Å²) in [5.41, 5.74) is 5.33. The largest absolute Gasteiger partial charge is 0.315 e. The van der Waals surface area contributed by atoms with E-state index in [2.05, 4.69) is 6.92 Å². The van der Waals surface area contributed by atoms with E-state index in [1.807, 2.05) is 6.07 Å². The molecule has 0 radical (unpaired) electrons. The Labute approximate surface area is 60.4 Å². The van der Waals surface area contributed by atoms with E-state index >= 15 is 0 Å². The summed E-state index contributed by atoms with van der Waals surface area (Å²) in [5.74, 6) is 1.87. The van der Waals surface area contributed by atoms with Gasteiger partial charge in [-0.15, -0.1) is 0 Å². The summed E-state index contributed by atoms with van der Waals surface area (Å²) in [4.78, 5) is 0. The molecule has 0 aromatic rings. The molecule has 0 rings (SSSR count). The molecule has 0 aliphatic carbocycles. The van der Waals surface area contributed by atoms with Gasteiger partial charge in [-0.2, -0.15) is 17.0 Å². The maximum absolute atomic E-state index is 8.25. The standard InChI is InChI=1S/C6H12N2S/c1-2-3-9-5-6(8)4-7/h6H,2-3,5,8H2,1H3. The number of nitriles is 1. The first-order valence-corrected chi connectivity index (χ1v) is 4.19. The first-order valence-electron chi connectivity index (χ1n) is 3.04. The van der Waals surface area contributed by atoms with Gasteiger partial charge in [0.1, 0.15) is 6.04 Å². The van der Waals surface area contributed by atoms with Crippen LogP contribution in [0.5, 0.6) is 0 Å². The van der Waals surface area contributed by atoms with Crippen LogP contribution in [0.15, 0.2) is 0 Å². The SMILES string of the molecule is CCCSCC(N)C#N. The molecular weight excluding hydrogens is 132 g/mol. The fourth-order valence-electron chi connectivity index (χ4n) is 0.392. The number of nitrogens with zero attached hydrogens (tertiary/aromatic N) is 1. The average Bonchev–Trinajstić information content (AvgIpc) is 1.89. The van der Waals surface area contributed by atoms with Gasteiger partial charge < -0.3 is 5.73 Å². The van der Waals surface area contributed by atoms with Gasteiger partial charge in [-0.3, -0.25) is 0 Å². The van der Waals surface area contributed by atoms with Crippen molar-refractivity contribution in [2.45, 2.75) is 19.4 Å². The van der Waals surface area contributed by atoms with Gasteiger partial charge in [-0.1, -0.05) is 6.92 Å². The number of rotatable bonds is 4. The molecule has 0 aromatic heterocycles. The molecule has 0 saturated heterocycles. The molecule has 0 aliphatic heterocycles. The lowest BCUT2D eigenvalue weighted by atomic mass is 10.4. The fourth-order valence-corrected chi connectivity index (χ4v) is 1.18. The van der Waals surface area contributed by atoms with E-state index in [1.54, 1.807) is 11.8 Å². The molecule has 3 heteroatoms. The molecule has 2 nitrogen and oxygen atoms in total. The Morgan fingerprint density at radius 3 is 2.89 bits per heavy atom. The van der Waals surface area contributed by atoms with Crippen molar-refractivity contribution >= 4 is 11.8 Å². The zero-order valence-electron chi connectivity index (χ0n) is 5.63. The predicted molar refractivity (Wildman–Crippen MR) is 41.2 cm³/mol. The van der Waals surface area contributed by atoms with Crippen molar-refractivity contribution in [3.8, 4) is 6.07 Å². The van der Waals surface area contributed by atoms with Gasteiger partial charge in [0.05, 0.1) is 6.07 Å². The third kappa shape index (κ3) is 5.67. The van der Waals surface area contributed by atoms with Crippen LogP contribution in [0, 0.1) is 11.3 Å². The second-order valence-electron chi connectivity index (χ2n) is 1.81. The van der Waals surface area contributed by atoms with Crippen LogP contribution in [-0.4, -0.2) is 17.5 Å². The summed E-state index contributed by atoms with van der Waals surface area (Å²) in [5, 5.41) is 8.25. The minimum absolute atomic E-state index is 0.276. The van der Waals surface area contributed by atoms with Crippen molar-refractivity contribution in [2.75, 3.05) is 11.5 Å². The van der Waals surface area contributed by atoms with Crippen LogP contribution in [-0.2, 0) is 0 Å². The van der Waals surface area contributed by atoms with E-state index in [4.69, 9.17) is 11.0 Å². The van der Waals surface area contributed by atoms with Crippen molar-refractivity contribution in [1.82, 2.24) is 0 Å². The lowest BCUT2D eigenvalue weighted by Crippen LogP contribution is -2.20. The Bertz CT molecular complexity index is 97.7. The normalized spacial score (nSPS) is 12.6. The fraction of sp³-hybridized carbons (Fsp3) is 0.833. The Morgan fingerprint density at radius 2 is 2.44 bits per heavy atom. The molecule has 0 bridgehead atoms. The Morgan fingerprint density at radius 1 is 1.78 bits per heavy atom. The molecule has 2 N–H and O–H groups in total. The van der Waals surface area contributed by atoms with E-state index < -0.39 is 0 Å². The van der Waals surface area contributed by atoms with Crippen LogP contribution in [0.2, 0.25) is 0 Å². The van der Waals surface area contributed by atoms with Crippen LogP contribution in [0.1, 0.15) is 13.3 Å². The zero-order chi connectivity index (χ0) is 7.11. The first kappa shape index (κ1) is 8.80. The molecule has 1 unspecified atom stereocenters. The van der Waals surface area contributed by atoms with E-state index in [9.17, 15) is 0 Å². The van der Waals surface area contributed by atoms with Crippen LogP contribution in [0.3, 0.4) is 0 Å². The molecule has 0 heterocycles. The highest BCUT2D eigenvalue weighted by Crippen LogP contribution is 2.02. The molecule has 0 aliphatic rings. The smallest absolute Gasteiger partial charge is 0.102 e. The number of hydrogen-bond donors (Lipinski definition) is 1. The number of nitrogens with two attached hydrogens (primary N) is 1. The lowest BCUT2D eigenvalue weighted by molar-refractivity contribution is 0.951. The summed E-state index contributed by atoms with van der Waals surface area (Å²) in [7, 11) is 0. The van der Waals surface area contributed by atoms with E-state index in [0.717, 1.165) is 17.9 Å². The highest BCUT2D eigenvalue weighted by molar-refractivity contribution is 7.99. The van der Waals surface area contributed by atoms with E-state index in [1.165, 1.54) is 0 Å². The second kappa shape index (κ2) is 5.93. The Kier molecular flexibility index (Phi) is 5.80. The summed E-state index contributed by atoms with van der Waals surface area (Å²) >= 11 is 1.74. The minimum Gasteiger partial charge on any atom is -0.315 e. The number of hydrogen-bond acceptors (Lipinski definition) is 3. The molecule has 0 saturated carbocycles. The van der Waals surface area contributed by atoms with Crippen LogP contribution in [0.25, 0.3) is 0 Å². The average molecular weight is 144 g/mol. The van der Waals surface area contributed by atoms with Crippen molar-refractivity contribution in [3.63, 3.8) is 0 Å². The van der Waals surface area contributed by atoms with Gasteiger partial charge in [-0.05, 0) is 12.2 Å². The van der Waals surface area contributed by atoms with Crippen LogP contribution >= 0.6 is 11.8 Å². The van der Waals surface area contributed by atoms with Crippen LogP contribution < -0.4 is 5.73 Å². The second-order valence-corrected chi connectivity index (χ2v) is 2.96. The maximum Gasteiger partial charge on any atom is 0.102 e. The van der Waals surface area contributed by atoms with Crippen molar-refractivity contribution in [1.29, 1.82) is 5.26 Å². The third-order valence-corrected chi connectivity index (χ3v) is 2.10. The van der Waals surface area contributed by atoms with Gasteiger partial charge >= 0.3 is 0 Å². The van der Waals surface area contributed by atoms with Crippen molar-refractivity contribution < 1.29 is 0 Å². The number of thioether (sulfide) groups is 1. The van der Waals surface area contributed by atoms with Gasteiger partial charge in [0.15, 0.2) is 0 Å². The summed E-state index contributed by atoms with van der Waals surface area (Å²) in [6.45, 7) is 2.12. The quantitative estimate of drug-likeness (QED) is 0.598. The Balaban J connectivity index is 2.99. The van der Waals surface area contributed by atoms with Gasteiger partial charge in [0.25, 0.3) is 0 Å². The molecule has 0 aromatic carbocycles. The highest BCUT2D eigenvalue weighted by atomic mass is 32.2. The van der Waals surface area contributed by atoms with Crippen LogP contribution in [0.4, 0.5) is 0 Å². The lowest BCUT2D eigenvalue weighted by Gasteiger charge is -1.98. The van der Waals surface area contributed by atoms with Crippen molar-refractivity contribution in [3.05, 3.63) is 0 Å². The van der Waals surface area contributed by atoms with Crippen molar-refractivity contribution in [2.24, 2.45) is 5.73 Å². The highest BCUT2D eigenvalue weighted by Gasteiger charge is 1.96. The molecule has 9 heavy (non-hydrogen) atoms. The first-order chi connectivity index (χ1) is 4.31. The monoisotopic (exact) mass is 144 g/mol. The topological polar surface area (TPSA) is 49.8 Å². The predicted octanol–water partition coefficient (Wildman–Crippen LogP) is 0.980. The zero-order valence-corrected chi connectivity index (χ0v) is 6.45.